The van der Waals surface area contributed by atoms with Crippen molar-refractivity contribution >= 4 is 0 Å². The lowest BCUT2D eigenvalue weighted by atomic mass is 10.2. The summed E-state index contributed by atoms with van der Waals surface area (Å²) in [7, 11) is 1.94. The van der Waals surface area contributed by atoms with E-state index in [2.05, 4.69) is 25.4 Å². The molecular formula is C10H15N5O. The maximum absolute atomic E-state index is 4.62. The first-order valence-corrected chi connectivity index (χ1v) is 5.14. The van der Waals surface area contributed by atoms with Crippen molar-refractivity contribution < 1.29 is 4.63 Å². The minimum Gasteiger partial charge on any atom is -0.307 e. The Morgan fingerprint density at radius 2 is 2.12 bits per heavy atom. The summed E-state index contributed by atoms with van der Waals surface area (Å²) >= 11 is 0. The Hall–Kier alpha value is -1.69. The van der Waals surface area contributed by atoms with Crippen molar-refractivity contribution in [3.63, 3.8) is 0 Å². The summed E-state index contributed by atoms with van der Waals surface area (Å²) in [6.07, 6.45) is 1.87. The molecule has 0 spiro atoms. The highest BCUT2D eigenvalue weighted by Gasteiger charge is 2.06. The number of nitrogens with zero attached hydrogens (tertiary/aromatic N) is 4. The number of nitrogens with one attached hydrogen (secondary N) is 1. The number of hydrogen-bond donors (Lipinski definition) is 1. The molecule has 16 heavy (non-hydrogen) atoms. The fourth-order valence-electron chi connectivity index (χ4n) is 1.44. The van der Waals surface area contributed by atoms with Crippen LogP contribution in [-0.2, 0) is 20.1 Å². The van der Waals surface area contributed by atoms with Crippen LogP contribution in [0.3, 0.4) is 0 Å². The Kier molecular flexibility index (Phi) is 3.00. The largest absolute Gasteiger partial charge is 0.307 e. The van der Waals surface area contributed by atoms with Crippen molar-refractivity contribution in [2.75, 3.05) is 0 Å². The van der Waals surface area contributed by atoms with Crippen LogP contribution in [0.5, 0.6) is 0 Å². The van der Waals surface area contributed by atoms with Crippen LogP contribution >= 0.6 is 0 Å². The molecule has 0 amide bonds. The molecule has 0 aromatic carbocycles. The first-order chi connectivity index (χ1) is 7.68. The molecule has 2 rings (SSSR count). The van der Waals surface area contributed by atoms with Crippen molar-refractivity contribution in [2.24, 2.45) is 7.05 Å². The van der Waals surface area contributed by atoms with Crippen LogP contribution in [0.1, 0.15) is 22.6 Å². The van der Waals surface area contributed by atoms with E-state index < -0.39 is 0 Å². The summed E-state index contributed by atoms with van der Waals surface area (Å²) in [6, 6.07) is 0. The number of rotatable bonds is 4. The lowest BCUT2D eigenvalue weighted by Crippen LogP contribution is -2.14. The number of hydrogen-bond acceptors (Lipinski definition) is 5. The minimum absolute atomic E-state index is 0.656. The molecule has 1 N–H and O–H groups in total. The first kappa shape index (κ1) is 10.8. The van der Waals surface area contributed by atoms with Gasteiger partial charge in [-0.2, -0.15) is 5.10 Å². The number of aromatic nitrogens is 4. The van der Waals surface area contributed by atoms with Crippen LogP contribution in [0.15, 0.2) is 10.8 Å². The van der Waals surface area contributed by atoms with Crippen LogP contribution in [0.2, 0.25) is 0 Å². The van der Waals surface area contributed by atoms with Crippen LogP contribution in [-0.4, -0.2) is 20.1 Å². The molecule has 0 atom stereocenters. The summed E-state index contributed by atoms with van der Waals surface area (Å²) in [5, 5.41) is 15.0. The van der Waals surface area contributed by atoms with E-state index in [4.69, 9.17) is 0 Å². The van der Waals surface area contributed by atoms with Crippen molar-refractivity contribution in [1.82, 2.24) is 25.4 Å². The second-order valence-electron chi connectivity index (χ2n) is 3.78. The molecular weight excluding hydrogens is 206 g/mol. The van der Waals surface area contributed by atoms with Gasteiger partial charge in [-0.05, 0) is 13.8 Å². The molecule has 2 aromatic rings. The highest BCUT2D eigenvalue weighted by molar-refractivity contribution is 5.15. The second kappa shape index (κ2) is 4.44. The molecule has 0 saturated heterocycles. The highest BCUT2D eigenvalue weighted by atomic mass is 16.6. The predicted molar refractivity (Wildman–Crippen MR) is 57.5 cm³/mol. The zero-order valence-corrected chi connectivity index (χ0v) is 9.69. The number of aryl methyl sites for hydroxylation is 2. The minimum atomic E-state index is 0.656. The van der Waals surface area contributed by atoms with Crippen molar-refractivity contribution in [1.29, 1.82) is 0 Å². The SMILES string of the molecule is Cc1nonc1CNCc1cnn(C)c1C. The lowest BCUT2D eigenvalue weighted by Gasteiger charge is -2.02. The Morgan fingerprint density at radius 1 is 1.31 bits per heavy atom. The van der Waals surface area contributed by atoms with E-state index in [9.17, 15) is 0 Å². The third-order valence-electron chi connectivity index (χ3n) is 2.69. The summed E-state index contributed by atoms with van der Waals surface area (Å²) in [4.78, 5) is 0. The topological polar surface area (TPSA) is 68.8 Å². The Morgan fingerprint density at radius 3 is 2.69 bits per heavy atom. The maximum Gasteiger partial charge on any atom is 0.121 e. The fourth-order valence-corrected chi connectivity index (χ4v) is 1.44. The van der Waals surface area contributed by atoms with Crippen LogP contribution in [0.4, 0.5) is 0 Å². The van der Waals surface area contributed by atoms with Gasteiger partial charge in [0.05, 0.1) is 6.20 Å². The first-order valence-electron chi connectivity index (χ1n) is 5.14. The highest BCUT2D eigenvalue weighted by Crippen LogP contribution is 2.05. The molecule has 0 aliphatic carbocycles. The van der Waals surface area contributed by atoms with Gasteiger partial charge in [0, 0.05) is 31.4 Å². The van der Waals surface area contributed by atoms with Crippen molar-refractivity contribution in [2.45, 2.75) is 26.9 Å². The second-order valence-corrected chi connectivity index (χ2v) is 3.78. The van der Waals surface area contributed by atoms with E-state index in [1.807, 2.05) is 31.8 Å². The van der Waals surface area contributed by atoms with E-state index in [1.165, 1.54) is 11.3 Å². The third kappa shape index (κ3) is 2.11. The van der Waals surface area contributed by atoms with Gasteiger partial charge in [-0.25, -0.2) is 4.63 Å². The van der Waals surface area contributed by atoms with Crippen molar-refractivity contribution in [3.05, 3.63) is 28.8 Å². The molecule has 0 aliphatic rings. The summed E-state index contributed by atoms with van der Waals surface area (Å²) < 4.78 is 6.48. The Bertz CT molecular complexity index is 473. The summed E-state index contributed by atoms with van der Waals surface area (Å²) in [6.45, 7) is 5.35. The maximum atomic E-state index is 4.62. The molecule has 0 fully saturated rings. The van der Waals surface area contributed by atoms with Crippen LogP contribution in [0, 0.1) is 13.8 Å². The van der Waals surface area contributed by atoms with Gasteiger partial charge in [0.1, 0.15) is 11.4 Å². The summed E-state index contributed by atoms with van der Waals surface area (Å²) in [5.41, 5.74) is 4.04. The van der Waals surface area contributed by atoms with E-state index in [-0.39, 0.29) is 0 Å². The standard InChI is InChI=1S/C10H15N5O/c1-7-10(14-16-13-7)6-11-4-9-5-12-15(3)8(9)2/h5,11H,4,6H2,1-3H3. The molecule has 0 radical (unpaired) electrons. The normalized spacial score (nSPS) is 10.9. The molecule has 0 unspecified atom stereocenters. The van der Waals surface area contributed by atoms with Gasteiger partial charge in [-0.15, -0.1) is 0 Å². The zero-order chi connectivity index (χ0) is 11.5. The smallest absolute Gasteiger partial charge is 0.121 e. The molecule has 6 nitrogen and oxygen atoms in total. The van der Waals surface area contributed by atoms with Crippen molar-refractivity contribution in [3.8, 4) is 0 Å². The van der Waals surface area contributed by atoms with Crippen LogP contribution in [0.25, 0.3) is 0 Å². The van der Waals surface area contributed by atoms with Gasteiger partial charge in [0.25, 0.3) is 0 Å². The Labute approximate surface area is 93.6 Å². The monoisotopic (exact) mass is 221 g/mol. The molecule has 2 aromatic heterocycles. The van der Waals surface area contributed by atoms with Gasteiger partial charge in [0.2, 0.25) is 0 Å². The third-order valence-corrected chi connectivity index (χ3v) is 2.69. The van der Waals surface area contributed by atoms with Gasteiger partial charge in [-0.1, -0.05) is 10.3 Å². The van der Waals surface area contributed by atoms with Gasteiger partial charge in [-0.3, -0.25) is 4.68 Å². The zero-order valence-electron chi connectivity index (χ0n) is 9.69. The molecule has 6 heteroatoms. The lowest BCUT2D eigenvalue weighted by molar-refractivity contribution is 0.300. The molecule has 2 heterocycles. The van der Waals surface area contributed by atoms with Gasteiger partial charge < -0.3 is 5.32 Å². The van der Waals surface area contributed by atoms with Gasteiger partial charge >= 0.3 is 0 Å². The van der Waals surface area contributed by atoms with Crippen LogP contribution < -0.4 is 5.32 Å². The molecule has 86 valence electrons. The average molecular weight is 221 g/mol. The molecule has 0 saturated carbocycles. The Balaban J connectivity index is 1.89. The van der Waals surface area contributed by atoms with Gasteiger partial charge in [0.15, 0.2) is 0 Å². The molecule has 0 bridgehead atoms. The van der Waals surface area contributed by atoms with E-state index in [0.29, 0.717) is 6.54 Å². The van der Waals surface area contributed by atoms with E-state index >= 15 is 0 Å². The average Bonchev–Trinajstić information content (AvgIpc) is 2.80. The summed E-state index contributed by atoms with van der Waals surface area (Å²) in [5.74, 6) is 0. The van der Waals surface area contributed by atoms with E-state index in [1.54, 1.807) is 0 Å². The predicted octanol–water partition coefficient (Wildman–Crippen LogP) is 0.710. The quantitative estimate of drug-likeness (QED) is 0.823. The molecule has 0 aliphatic heterocycles. The fraction of sp³-hybridized carbons (Fsp3) is 0.500. The van der Waals surface area contributed by atoms with E-state index in [0.717, 1.165) is 17.9 Å².